The van der Waals surface area contributed by atoms with E-state index in [4.69, 9.17) is 9.84 Å². The molecule has 0 spiro atoms. The highest BCUT2D eigenvalue weighted by molar-refractivity contribution is 5.39. The molecule has 0 saturated carbocycles. The molecule has 0 fully saturated rings. The van der Waals surface area contributed by atoms with Crippen LogP contribution in [0, 0.1) is 25.7 Å². The Morgan fingerprint density at radius 1 is 1.35 bits per heavy atom. The molecule has 0 bridgehead atoms. The van der Waals surface area contributed by atoms with Gasteiger partial charge in [0.15, 0.2) is 0 Å². The van der Waals surface area contributed by atoms with Crippen molar-refractivity contribution >= 4 is 0 Å². The van der Waals surface area contributed by atoms with E-state index in [9.17, 15) is 0 Å². The van der Waals surface area contributed by atoms with E-state index >= 15 is 0 Å². The van der Waals surface area contributed by atoms with Gasteiger partial charge in [-0.25, -0.2) is 4.98 Å². The summed E-state index contributed by atoms with van der Waals surface area (Å²) in [6, 6.07) is 7.55. The van der Waals surface area contributed by atoms with Gasteiger partial charge in [-0.05, 0) is 32.0 Å². The number of rotatable bonds is 4. The topological polar surface area (TPSA) is 47.3 Å². The van der Waals surface area contributed by atoms with E-state index in [-0.39, 0.29) is 6.61 Å². The molecule has 0 amide bonds. The highest BCUT2D eigenvalue weighted by Crippen LogP contribution is 2.13. The van der Waals surface area contributed by atoms with Gasteiger partial charge < -0.3 is 14.4 Å². The fourth-order valence-electron chi connectivity index (χ4n) is 1.84. The van der Waals surface area contributed by atoms with Crippen LogP contribution in [0.15, 0.2) is 30.6 Å². The smallest absolute Gasteiger partial charge is 0.120 e. The summed E-state index contributed by atoms with van der Waals surface area (Å²) in [4.78, 5) is 4.26. The zero-order valence-corrected chi connectivity index (χ0v) is 11.8. The Labute approximate surface area is 119 Å². The molecule has 104 valence electrons. The lowest BCUT2D eigenvalue weighted by molar-refractivity contribution is 0.297. The summed E-state index contributed by atoms with van der Waals surface area (Å²) in [5.74, 6) is 6.26. The van der Waals surface area contributed by atoms with Crippen molar-refractivity contribution in [2.75, 3.05) is 13.2 Å². The maximum absolute atomic E-state index is 8.68. The molecule has 0 aliphatic rings. The summed E-state index contributed by atoms with van der Waals surface area (Å²) in [5.41, 5.74) is 3.05. The van der Waals surface area contributed by atoms with Crippen molar-refractivity contribution in [2.45, 2.75) is 20.4 Å². The first-order valence-corrected chi connectivity index (χ1v) is 6.51. The molecule has 4 heteroatoms. The monoisotopic (exact) mass is 270 g/mol. The van der Waals surface area contributed by atoms with Gasteiger partial charge in [-0.1, -0.05) is 17.9 Å². The van der Waals surface area contributed by atoms with Crippen LogP contribution in [0.25, 0.3) is 0 Å². The number of nitrogens with zero attached hydrogens (tertiary/aromatic N) is 2. The van der Waals surface area contributed by atoms with Crippen molar-refractivity contribution in [2.24, 2.45) is 0 Å². The number of imidazole rings is 1. The van der Waals surface area contributed by atoms with Crippen molar-refractivity contribution in [3.63, 3.8) is 0 Å². The first-order chi connectivity index (χ1) is 9.70. The quantitative estimate of drug-likeness (QED) is 0.863. The second-order valence-corrected chi connectivity index (χ2v) is 4.44. The second-order valence-electron chi connectivity index (χ2n) is 4.44. The third-order valence-corrected chi connectivity index (χ3v) is 3.09. The third-order valence-electron chi connectivity index (χ3n) is 3.09. The summed E-state index contributed by atoms with van der Waals surface area (Å²) < 4.78 is 7.79. The van der Waals surface area contributed by atoms with Gasteiger partial charge in [0.2, 0.25) is 0 Å². The number of hydrogen-bond acceptors (Lipinski definition) is 3. The van der Waals surface area contributed by atoms with Crippen molar-refractivity contribution in [1.29, 1.82) is 0 Å². The summed E-state index contributed by atoms with van der Waals surface area (Å²) >= 11 is 0. The van der Waals surface area contributed by atoms with E-state index in [0.29, 0.717) is 6.61 Å². The largest absolute Gasteiger partial charge is 0.492 e. The molecule has 4 nitrogen and oxygen atoms in total. The molecule has 0 aliphatic heterocycles. The van der Waals surface area contributed by atoms with Crippen molar-refractivity contribution in [3.8, 4) is 17.6 Å². The molecule has 20 heavy (non-hydrogen) atoms. The maximum atomic E-state index is 8.68. The lowest BCUT2D eigenvalue weighted by Crippen LogP contribution is -2.08. The summed E-state index contributed by atoms with van der Waals surface area (Å²) in [6.45, 7) is 5.25. The average Bonchev–Trinajstić information content (AvgIpc) is 2.78. The molecule has 0 unspecified atom stereocenters. The molecule has 0 radical (unpaired) electrons. The standard InChI is InChI=1S/C16H18N2O2/c1-13-14(2)18(12-17-13)8-10-20-16-7-3-5-15(11-16)6-4-9-19/h3,5,7,11-12,19H,8-10H2,1-2H3. The number of ether oxygens (including phenoxy) is 1. The molecule has 2 rings (SSSR count). The first-order valence-electron chi connectivity index (χ1n) is 6.51. The Hall–Kier alpha value is -2.25. The molecular weight excluding hydrogens is 252 g/mol. The van der Waals surface area contributed by atoms with Gasteiger partial charge in [-0.2, -0.15) is 0 Å². The van der Waals surface area contributed by atoms with Crippen LogP contribution in [0.2, 0.25) is 0 Å². The number of hydrogen-bond donors (Lipinski definition) is 1. The molecule has 1 aromatic carbocycles. The van der Waals surface area contributed by atoms with Crippen molar-refractivity contribution in [3.05, 3.63) is 47.5 Å². The Balaban J connectivity index is 1.92. The van der Waals surface area contributed by atoms with Crippen LogP contribution in [0.3, 0.4) is 0 Å². The highest BCUT2D eigenvalue weighted by atomic mass is 16.5. The van der Waals surface area contributed by atoms with Gasteiger partial charge in [0.25, 0.3) is 0 Å². The molecular formula is C16H18N2O2. The molecule has 1 heterocycles. The van der Waals surface area contributed by atoms with Crippen LogP contribution in [-0.4, -0.2) is 27.9 Å². The Bertz CT molecular complexity index is 635. The minimum atomic E-state index is -0.135. The van der Waals surface area contributed by atoms with Crippen LogP contribution in [0.4, 0.5) is 0 Å². The number of aliphatic hydroxyl groups is 1. The van der Waals surface area contributed by atoms with Crippen LogP contribution in [0.5, 0.6) is 5.75 Å². The molecule has 0 saturated heterocycles. The fraction of sp³-hybridized carbons (Fsp3) is 0.312. The average molecular weight is 270 g/mol. The van der Waals surface area contributed by atoms with E-state index in [1.54, 1.807) is 0 Å². The summed E-state index contributed by atoms with van der Waals surface area (Å²) in [6.07, 6.45) is 1.83. The predicted octanol–water partition coefficient (Wildman–Crippen LogP) is 1.92. The third kappa shape index (κ3) is 3.62. The lowest BCUT2D eigenvalue weighted by Gasteiger charge is -2.08. The first kappa shape index (κ1) is 14.2. The molecule has 0 aliphatic carbocycles. The van der Waals surface area contributed by atoms with Crippen LogP contribution in [0.1, 0.15) is 17.0 Å². The number of aliphatic hydroxyl groups excluding tert-OH is 1. The van der Waals surface area contributed by atoms with Gasteiger partial charge in [0, 0.05) is 11.3 Å². The van der Waals surface area contributed by atoms with Gasteiger partial charge in [-0.3, -0.25) is 0 Å². The number of aromatic nitrogens is 2. The summed E-state index contributed by atoms with van der Waals surface area (Å²) in [7, 11) is 0. The predicted molar refractivity (Wildman–Crippen MR) is 77.6 cm³/mol. The summed E-state index contributed by atoms with van der Waals surface area (Å²) in [5, 5.41) is 8.68. The van der Waals surface area contributed by atoms with E-state index < -0.39 is 0 Å². The Morgan fingerprint density at radius 3 is 2.90 bits per heavy atom. The minimum Gasteiger partial charge on any atom is -0.492 e. The Morgan fingerprint density at radius 2 is 2.20 bits per heavy atom. The fourth-order valence-corrected chi connectivity index (χ4v) is 1.84. The normalized spacial score (nSPS) is 9.95. The van der Waals surface area contributed by atoms with Crippen molar-refractivity contribution < 1.29 is 9.84 Å². The van der Waals surface area contributed by atoms with Crippen LogP contribution in [-0.2, 0) is 6.54 Å². The van der Waals surface area contributed by atoms with Crippen LogP contribution < -0.4 is 4.74 Å². The highest BCUT2D eigenvalue weighted by Gasteiger charge is 2.02. The zero-order chi connectivity index (χ0) is 14.4. The SMILES string of the molecule is Cc1ncn(CCOc2cccc(C#CCO)c2)c1C. The minimum absolute atomic E-state index is 0.135. The van der Waals surface area contributed by atoms with E-state index in [1.165, 1.54) is 0 Å². The number of aryl methyl sites for hydroxylation is 1. The molecule has 1 aromatic heterocycles. The zero-order valence-electron chi connectivity index (χ0n) is 11.8. The van der Waals surface area contributed by atoms with E-state index in [0.717, 1.165) is 29.2 Å². The molecule has 1 N–H and O–H groups in total. The second kappa shape index (κ2) is 6.78. The van der Waals surface area contributed by atoms with Gasteiger partial charge in [0.1, 0.15) is 19.0 Å². The van der Waals surface area contributed by atoms with Crippen molar-refractivity contribution in [1.82, 2.24) is 9.55 Å². The van der Waals surface area contributed by atoms with E-state index in [1.807, 2.05) is 44.4 Å². The lowest BCUT2D eigenvalue weighted by atomic mass is 10.2. The van der Waals surface area contributed by atoms with E-state index in [2.05, 4.69) is 21.4 Å². The molecule has 0 atom stereocenters. The van der Waals surface area contributed by atoms with Gasteiger partial charge >= 0.3 is 0 Å². The van der Waals surface area contributed by atoms with Gasteiger partial charge in [0.05, 0.1) is 18.6 Å². The molecule has 2 aromatic rings. The number of benzene rings is 1. The van der Waals surface area contributed by atoms with Crippen LogP contribution >= 0.6 is 0 Å². The van der Waals surface area contributed by atoms with Gasteiger partial charge in [-0.15, -0.1) is 0 Å². The maximum Gasteiger partial charge on any atom is 0.120 e. The Kier molecular flexibility index (Phi) is 4.80.